The van der Waals surface area contributed by atoms with E-state index in [4.69, 9.17) is 9.47 Å². The lowest BCUT2D eigenvalue weighted by atomic mass is 10.1. The summed E-state index contributed by atoms with van der Waals surface area (Å²) in [5.74, 6) is 0.639. The lowest BCUT2D eigenvalue weighted by Gasteiger charge is -2.26. The number of benzene rings is 2. The third-order valence-corrected chi connectivity index (χ3v) is 3.49. The van der Waals surface area contributed by atoms with Crippen LogP contribution >= 0.6 is 0 Å². The van der Waals surface area contributed by atoms with Crippen molar-refractivity contribution in [1.29, 1.82) is 0 Å². The zero-order chi connectivity index (χ0) is 15.5. The molecule has 2 aromatic carbocycles. The summed E-state index contributed by atoms with van der Waals surface area (Å²) in [7, 11) is 0. The summed E-state index contributed by atoms with van der Waals surface area (Å²) in [5, 5.41) is 2.74. The summed E-state index contributed by atoms with van der Waals surface area (Å²) in [4.78, 5) is 12.0. The van der Waals surface area contributed by atoms with Gasteiger partial charge in [-0.1, -0.05) is 18.2 Å². The Hall–Kier alpha value is -2.56. The molecule has 1 aliphatic rings. The minimum Gasteiger partial charge on any atom is -0.486 e. The van der Waals surface area contributed by atoms with Crippen molar-refractivity contribution >= 4 is 5.91 Å². The molecule has 0 bridgehead atoms. The highest BCUT2D eigenvalue weighted by Crippen LogP contribution is 2.30. The molecular weight excluding hydrogens is 285 g/mol. The van der Waals surface area contributed by atoms with Crippen LogP contribution in [0.25, 0.3) is 0 Å². The predicted molar refractivity (Wildman–Crippen MR) is 79.8 cm³/mol. The Morgan fingerprint density at radius 3 is 2.82 bits per heavy atom. The second-order valence-electron chi connectivity index (χ2n) is 5.17. The smallest absolute Gasteiger partial charge is 0.251 e. The first kappa shape index (κ1) is 14.4. The monoisotopic (exact) mass is 301 g/mol. The van der Waals surface area contributed by atoms with E-state index >= 15 is 0 Å². The van der Waals surface area contributed by atoms with Gasteiger partial charge in [-0.25, -0.2) is 4.39 Å². The number of carbonyl (C=O) groups is 1. The topological polar surface area (TPSA) is 47.6 Å². The minimum absolute atomic E-state index is 0.269. The van der Waals surface area contributed by atoms with Crippen molar-refractivity contribution in [3.63, 3.8) is 0 Å². The van der Waals surface area contributed by atoms with E-state index in [9.17, 15) is 9.18 Å². The lowest BCUT2D eigenvalue weighted by molar-refractivity contribution is 0.0789. The molecule has 4 nitrogen and oxygen atoms in total. The summed E-state index contributed by atoms with van der Waals surface area (Å²) >= 11 is 0. The van der Waals surface area contributed by atoms with Crippen LogP contribution in [0.4, 0.5) is 4.39 Å². The zero-order valence-electron chi connectivity index (χ0n) is 12.1. The van der Waals surface area contributed by atoms with Crippen LogP contribution in [0.1, 0.15) is 15.9 Å². The highest BCUT2D eigenvalue weighted by Gasteiger charge is 2.21. The van der Waals surface area contributed by atoms with Crippen molar-refractivity contribution in [2.75, 3.05) is 13.2 Å². The number of hydrogen-bond donors (Lipinski definition) is 1. The maximum absolute atomic E-state index is 13.5. The Labute approximate surface area is 127 Å². The first-order valence-corrected chi connectivity index (χ1v) is 7.06. The molecule has 0 aliphatic carbocycles. The Morgan fingerprint density at radius 1 is 1.27 bits per heavy atom. The van der Waals surface area contributed by atoms with Gasteiger partial charge in [0, 0.05) is 5.56 Å². The third kappa shape index (κ3) is 3.03. The number of hydrogen-bond acceptors (Lipinski definition) is 3. The number of carbonyl (C=O) groups excluding carboxylic acids is 1. The second-order valence-corrected chi connectivity index (χ2v) is 5.17. The second kappa shape index (κ2) is 6.05. The van der Waals surface area contributed by atoms with Gasteiger partial charge in [0.1, 0.15) is 18.5 Å². The number of fused-ring (bicyclic) bond motifs is 1. The van der Waals surface area contributed by atoms with E-state index in [1.54, 1.807) is 19.1 Å². The summed E-state index contributed by atoms with van der Waals surface area (Å²) in [6.45, 7) is 2.31. The van der Waals surface area contributed by atoms with Gasteiger partial charge in [0.05, 0.1) is 6.54 Å². The van der Waals surface area contributed by atoms with E-state index in [0.29, 0.717) is 35.8 Å². The van der Waals surface area contributed by atoms with Crippen LogP contribution in [-0.4, -0.2) is 25.2 Å². The molecule has 1 aliphatic heterocycles. The van der Waals surface area contributed by atoms with Crippen LogP contribution in [-0.2, 0) is 0 Å². The molecule has 0 spiro atoms. The number of para-hydroxylation sites is 2. The first-order valence-electron chi connectivity index (χ1n) is 7.06. The molecule has 1 heterocycles. The SMILES string of the molecule is Cc1ccc(C(=O)NC[C@H]2COc3ccccc3O2)cc1F. The first-order chi connectivity index (χ1) is 10.6. The molecule has 0 radical (unpaired) electrons. The van der Waals surface area contributed by atoms with Gasteiger partial charge in [-0.2, -0.15) is 0 Å². The number of halogens is 1. The number of ether oxygens (including phenoxy) is 2. The standard InChI is InChI=1S/C17H16FNO3/c1-11-6-7-12(8-14(11)18)17(20)19-9-13-10-21-15-4-2-3-5-16(15)22-13/h2-8,13H,9-10H2,1H3,(H,19,20)/t13-/m0/s1. The third-order valence-electron chi connectivity index (χ3n) is 3.49. The molecule has 114 valence electrons. The van der Waals surface area contributed by atoms with Gasteiger partial charge in [0.15, 0.2) is 11.5 Å². The van der Waals surface area contributed by atoms with Gasteiger partial charge in [-0.15, -0.1) is 0 Å². The highest BCUT2D eigenvalue weighted by molar-refractivity contribution is 5.94. The Kier molecular flexibility index (Phi) is 3.96. The van der Waals surface area contributed by atoms with Gasteiger partial charge in [-0.3, -0.25) is 4.79 Å². The Morgan fingerprint density at radius 2 is 2.05 bits per heavy atom. The van der Waals surface area contributed by atoms with E-state index in [2.05, 4.69) is 5.32 Å². The van der Waals surface area contributed by atoms with Gasteiger partial charge < -0.3 is 14.8 Å². The lowest BCUT2D eigenvalue weighted by Crippen LogP contribution is -2.40. The molecule has 0 fully saturated rings. The fraction of sp³-hybridized carbons (Fsp3) is 0.235. The largest absolute Gasteiger partial charge is 0.486 e. The van der Waals surface area contributed by atoms with E-state index in [1.807, 2.05) is 24.3 Å². The van der Waals surface area contributed by atoms with Crippen LogP contribution in [0.15, 0.2) is 42.5 Å². The van der Waals surface area contributed by atoms with Crippen molar-refractivity contribution in [2.24, 2.45) is 0 Å². The van der Waals surface area contributed by atoms with Crippen molar-refractivity contribution in [3.8, 4) is 11.5 Å². The number of nitrogens with one attached hydrogen (secondary N) is 1. The Bertz CT molecular complexity index is 702. The quantitative estimate of drug-likeness (QED) is 0.948. The normalized spacial score (nSPS) is 16.2. The molecule has 2 aromatic rings. The number of aryl methyl sites for hydroxylation is 1. The average molecular weight is 301 g/mol. The van der Waals surface area contributed by atoms with E-state index in [-0.39, 0.29) is 17.8 Å². The summed E-state index contributed by atoms with van der Waals surface area (Å²) in [6.07, 6.45) is -0.269. The summed E-state index contributed by atoms with van der Waals surface area (Å²) < 4.78 is 24.8. The van der Waals surface area contributed by atoms with Gasteiger partial charge in [0.25, 0.3) is 5.91 Å². The summed E-state index contributed by atoms with van der Waals surface area (Å²) in [5.41, 5.74) is 0.803. The maximum Gasteiger partial charge on any atom is 0.251 e. The van der Waals surface area contributed by atoms with Crippen LogP contribution in [0, 0.1) is 12.7 Å². The van der Waals surface area contributed by atoms with Gasteiger partial charge in [0.2, 0.25) is 0 Å². The van der Waals surface area contributed by atoms with Crippen molar-refractivity contribution in [2.45, 2.75) is 13.0 Å². The number of rotatable bonds is 3. The zero-order valence-corrected chi connectivity index (χ0v) is 12.1. The number of amides is 1. The fourth-order valence-electron chi connectivity index (χ4n) is 2.21. The summed E-state index contributed by atoms with van der Waals surface area (Å²) in [6, 6.07) is 11.8. The van der Waals surface area contributed by atoms with Crippen molar-refractivity contribution in [3.05, 3.63) is 59.4 Å². The molecule has 22 heavy (non-hydrogen) atoms. The fourth-order valence-corrected chi connectivity index (χ4v) is 2.21. The van der Waals surface area contributed by atoms with E-state index in [0.717, 1.165) is 0 Å². The molecule has 1 atom stereocenters. The van der Waals surface area contributed by atoms with Crippen molar-refractivity contribution in [1.82, 2.24) is 5.32 Å². The maximum atomic E-state index is 13.5. The van der Waals surface area contributed by atoms with Gasteiger partial charge in [-0.05, 0) is 36.8 Å². The van der Waals surface area contributed by atoms with Crippen molar-refractivity contribution < 1.29 is 18.7 Å². The van der Waals surface area contributed by atoms with E-state index in [1.165, 1.54) is 6.07 Å². The highest BCUT2D eigenvalue weighted by atomic mass is 19.1. The van der Waals surface area contributed by atoms with Crippen LogP contribution in [0.5, 0.6) is 11.5 Å². The molecule has 1 N–H and O–H groups in total. The minimum atomic E-state index is -0.390. The molecule has 0 aromatic heterocycles. The van der Waals surface area contributed by atoms with Gasteiger partial charge >= 0.3 is 0 Å². The Balaban J connectivity index is 1.59. The average Bonchev–Trinajstić information content (AvgIpc) is 2.55. The van der Waals surface area contributed by atoms with Crippen LogP contribution < -0.4 is 14.8 Å². The van der Waals surface area contributed by atoms with Crippen LogP contribution in [0.2, 0.25) is 0 Å². The molecule has 3 rings (SSSR count). The molecule has 0 saturated heterocycles. The molecular formula is C17H16FNO3. The van der Waals surface area contributed by atoms with E-state index < -0.39 is 0 Å². The van der Waals surface area contributed by atoms with Crippen LogP contribution in [0.3, 0.4) is 0 Å². The molecule has 5 heteroatoms. The molecule has 1 amide bonds. The predicted octanol–water partition coefficient (Wildman–Crippen LogP) is 2.70. The molecule has 0 saturated carbocycles. The molecule has 0 unspecified atom stereocenters.